The van der Waals surface area contributed by atoms with Gasteiger partial charge in [-0.1, -0.05) is 0 Å². The molecule has 2 heteroatoms. The third kappa shape index (κ3) is 4.02. The Hall–Kier alpha value is -0.420. The van der Waals surface area contributed by atoms with Crippen LogP contribution >= 0.6 is 7.26 Å². The van der Waals surface area contributed by atoms with Gasteiger partial charge in [-0.15, -0.1) is 0 Å². The fraction of sp³-hybridized carbons (Fsp3) is 0.706. The van der Waals surface area contributed by atoms with Gasteiger partial charge in [-0.05, 0) is 0 Å². The van der Waals surface area contributed by atoms with Crippen LogP contribution in [-0.2, 0) is 0 Å². The first-order valence-electron chi connectivity index (χ1n) is 7.89. The minimum atomic E-state index is -1.30. The molecule has 0 saturated heterocycles. The van der Waals surface area contributed by atoms with Crippen LogP contribution in [0.15, 0.2) is 29.8 Å². The van der Waals surface area contributed by atoms with Crippen molar-refractivity contribution in [3.63, 3.8) is 0 Å². The number of nitrogens with zero attached hydrogens (tertiary/aromatic N) is 1. The molecule has 110 valence electrons. The van der Waals surface area contributed by atoms with Crippen molar-refractivity contribution < 1.29 is 0 Å². The number of allylic oxidation sites excluding steroid dienone is 3. The summed E-state index contributed by atoms with van der Waals surface area (Å²) in [6.07, 6.45) is 15.7. The van der Waals surface area contributed by atoms with Crippen LogP contribution in [0.4, 0.5) is 0 Å². The van der Waals surface area contributed by atoms with Gasteiger partial charge in [0.05, 0.1) is 0 Å². The standard InChI is InChI=1S/C17H32NP/c1-6-9-12-16-15-19(13-10-7-2,14-11-8-3)17(4,5)18-16/h6,9,12,19H,1,7-8,10-11,13-15H2,2-5H3/b12-9-. The Morgan fingerprint density at radius 2 is 1.79 bits per heavy atom. The molecule has 0 aliphatic carbocycles. The van der Waals surface area contributed by atoms with Crippen LogP contribution in [0.25, 0.3) is 0 Å². The average Bonchev–Trinajstić information content (AvgIpc) is 2.63. The molecule has 0 aromatic heterocycles. The minimum absolute atomic E-state index is 0.220. The van der Waals surface area contributed by atoms with Gasteiger partial charge in [-0.2, -0.15) is 0 Å². The van der Waals surface area contributed by atoms with Crippen LogP contribution in [-0.4, -0.2) is 29.5 Å². The van der Waals surface area contributed by atoms with Crippen molar-refractivity contribution in [1.82, 2.24) is 0 Å². The Morgan fingerprint density at radius 1 is 1.21 bits per heavy atom. The maximum atomic E-state index is 5.06. The molecule has 0 fully saturated rings. The molecule has 0 unspecified atom stereocenters. The number of hydrogen-bond acceptors (Lipinski definition) is 1. The maximum absolute atomic E-state index is 5.06. The third-order valence-corrected chi connectivity index (χ3v) is 11.1. The first-order chi connectivity index (χ1) is 9.01. The van der Waals surface area contributed by atoms with E-state index in [1.54, 1.807) is 0 Å². The molecule has 0 N–H and O–H groups in total. The Balaban J connectivity index is 2.91. The van der Waals surface area contributed by atoms with Crippen molar-refractivity contribution in [2.24, 2.45) is 4.99 Å². The number of aliphatic imine (C=N–C) groups is 1. The van der Waals surface area contributed by atoms with Gasteiger partial charge in [0.1, 0.15) is 0 Å². The Morgan fingerprint density at radius 3 is 2.26 bits per heavy atom. The van der Waals surface area contributed by atoms with E-state index in [0.29, 0.717) is 0 Å². The first kappa shape index (κ1) is 16.6. The second-order valence-electron chi connectivity index (χ2n) is 6.42. The zero-order valence-electron chi connectivity index (χ0n) is 13.3. The van der Waals surface area contributed by atoms with Gasteiger partial charge in [0.25, 0.3) is 0 Å². The van der Waals surface area contributed by atoms with E-state index in [9.17, 15) is 0 Å². The summed E-state index contributed by atoms with van der Waals surface area (Å²) in [4.78, 5) is 5.06. The molecule has 0 spiro atoms. The predicted octanol–water partition coefficient (Wildman–Crippen LogP) is 5.27. The van der Waals surface area contributed by atoms with Gasteiger partial charge in [0.15, 0.2) is 0 Å². The van der Waals surface area contributed by atoms with E-state index >= 15 is 0 Å². The van der Waals surface area contributed by atoms with Crippen molar-refractivity contribution in [3.8, 4) is 0 Å². The quantitative estimate of drug-likeness (QED) is 0.424. The summed E-state index contributed by atoms with van der Waals surface area (Å²) in [5.74, 6) is 0. The molecule has 0 saturated carbocycles. The SMILES string of the molecule is C=C/C=C\C1=NC(C)(C)[PH](CCCC)(CCCC)C1. The summed E-state index contributed by atoms with van der Waals surface area (Å²) in [5, 5.41) is 0.220. The van der Waals surface area contributed by atoms with Gasteiger partial charge < -0.3 is 0 Å². The van der Waals surface area contributed by atoms with E-state index in [4.69, 9.17) is 4.99 Å². The molecule has 1 nitrogen and oxygen atoms in total. The molecule has 0 aromatic carbocycles. The fourth-order valence-electron chi connectivity index (χ4n) is 3.30. The molecule has 0 atom stereocenters. The molecular formula is C17H32NP. The van der Waals surface area contributed by atoms with Crippen molar-refractivity contribution >= 4 is 13.0 Å². The molecule has 0 amide bonds. The van der Waals surface area contributed by atoms with E-state index < -0.39 is 7.26 Å². The zero-order chi connectivity index (χ0) is 14.4. The zero-order valence-corrected chi connectivity index (χ0v) is 14.3. The van der Waals surface area contributed by atoms with Crippen molar-refractivity contribution in [3.05, 3.63) is 24.8 Å². The monoisotopic (exact) mass is 281 g/mol. The van der Waals surface area contributed by atoms with Gasteiger partial charge in [0.2, 0.25) is 0 Å². The van der Waals surface area contributed by atoms with E-state index in [0.717, 1.165) is 0 Å². The van der Waals surface area contributed by atoms with Crippen molar-refractivity contribution in [1.29, 1.82) is 0 Å². The Labute approximate surface area is 120 Å². The van der Waals surface area contributed by atoms with Gasteiger partial charge in [-0.25, -0.2) is 0 Å². The van der Waals surface area contributed by atoms with Crippen LogP contribution in [0.5, 0.6) is 0 Å². The van der Waals surface area contributed by atoms with E-state index in [2.05, 4.69) is 40.3 Å². The van der Waals surface area contributed by atoms with E-state index in [1.165, 1.54) is 49.9 Å². The molecular weight excluding hydrogens is 249 g/mol. The molecule has 19 heavy (non-hydrogen) atoms. The summed E-state index contributed by atoms with van der Waals surface area (Å²) < 4.78 is 0. The summed E-state index contributed by atoms with van der Waals surface area (Å²) in [7, 11) is -1.30. The number of hydrogen-bond donors (Lipinski definition) is 0. The molecule has 1 aliphatic heterocycles. The second kappa shape index (κ2) is 7.39. The van der Waals surface area contributed by atoms with Gasteiger partial charge >= 0.3 is 120 Å². The summed E-state index contributed by atoms with van der Waals surface area (Å²) >= 11 is 0. The summed E-state index contributed by atoms with van der Waals surface area (Å²) in [5.41, 5.74) is 1.32. The number of unbranched alkanes of at least 4 members (excludes halogenated alkanes) is 2. The van der Waals surface area contributed by atoms with Crippen LogP contribution in [0, 0.1) is 0 Å². The number of rotatable bonds is 8. The normalized spacial score (nSPS) is 22.4. The predicted molar refractivity (Wildman–Crippen MR) is 93.6 cm³/mol. The fourth-order valence-corrected chi connectivity index (χ4v) is 8.89. The first-order valence-corrected chi connectivity index (χ1v) is 10.5. The molecule has 1 aliphatic rings. The van der Waals surface area contributed by atoms with Crippen molar-refractivity contribution in [2.75, 3.05) is 18.5 Å². The molecule has 0 bridgehead atoms. The molecule has 0 aromatic rings. The Bertz CT molecular complexity index is 344. The van der Waals surface area contributed by atoms with Gasteiger partial charge in [-0.3, -0.25) is 0 Å². The van der Waals surface area contributed by atoms with Crippen LogP contribution in [0.1, 0.15) is 53.4 Å². The van der Waals surface area contributed by atoms with Gasteiger partial charge in [0, 0.05) is 0 Å². The molecule has 1 rings (SSSR count). The van der Waals surface area contributed by atoms with Crippen LogP contribution in [0.3, 0.4) is 0 Å². The third-order valence-electron chi connectivity index (χ3n) is 4.68. The van der Waals surface area contributed by atoms with E-state index in [1.807, 2.05) is 12.2 Å². The topological polar surface area (TPSA) is 12.4 Å². The van der Waals surface area contributed by atoms with Crippen LogP contribution in [0.2, 0.25) is 0 Å². The Kier molecular flexibility index (Phi) is 6.47. The van der Waals surface area contributed by atoms with Crippen LogP contribution < -0.4 is 0 Å². The van der Waals surface area contributed by atoms with E-state index in [-0.39, 0.29) is 5.28 Å². The molecule has 1 heterocycles. The summed E-state index contributed by atoms with van der Waals surface area (Å²) in [6.45, 7) is 13.2. The average molecular weight is 281 g/mol. The molecule has 0 radical (unpaired) electrons. The summed E-state index contributed by atoms with van der Waals surface area (Å²) in [6, 6.07) is 0. The second-order valence-corrected chi connectivity index (χ2v) is 11.6. The van der Waals surface area contributed by atoms with Crippen molar-refractivity contribution in [2.45, 2.75) is 58.7 Å².